The normalized spacial score (nSPS) is 10.8. The summed E-state index contributed by atoms with van der Waals surface area (Å²) in [5.41, 5.74) is 1.82. The van der Waals surface area contributed by atoms with Gasteiger partial charge in [0.2, 0.25) is 5.88 Å². The van der Waals surface area contributed by atoms with Crippen LogP contribution < -0.4 is 24.8 Å². The summed E-state index contributed by atoms with van der Waals surface area (Å²) in [6, 6.07) is 18.5. The number of thiophene rings is 1. The Kier molecular flexibility index (Phi) is 8.59. The molecule has 0 aliphatic heterocycles. The van der Waals surface area contributed by atoms with Crippen LogP contribution in [0.3, 0.4) is 0 Å². The van der Waals surface area contributed by atoms with Crippen molar-refractivity contribution in [1.29, 1.82) is 0 Å². The van der Waals surface area contributed by atoms with Crippen LogP contribution in [0.2, 0.25) is 0 Å². The fourth-order valence-electron chi connectivity index (χ4n) is 3.32. The topological polar surface area (TPSA) is 141 Å². The minimum atomic E-state index is -3.98. The minimum absolute atomic E-state index is 0.0118. The van der Waals surface area contributed by atoms with Crippen molar-refractivity contribution in [3.05, 3.63) is 72.3 Å². The molecule has 0 unspecified atom stereocenters. The van der Waals surface area contributed by atoms with Crippen LogP contribution in [0.5, 0.6) is 11.9 Å². The molecule has 0 atom stereocenters. The molecule has 0 radical (unpaired) electrons. The number of thiocarbonyl (C=S) groups is 1. The Morgan fingerprint density at radius 2 is 1.64 bits per heavy atom. The molecule has 0 saturated carbocycles. The zero-order valence-corrected chi connectivity index (χ0v) is 23.4. The van der Waals surface area contributed by atoms with Crippen molar-refractivity contribution in [1.82, 2.24) is 9.97 Å². The van der Waals surface area contributed by atoms with Crippen LogP contribution in [0.4, 0.5) is 16.5 Å². The molecule has 4 aromatic rings. The Labute approximate surface area is 234 Å². The number of methoxy groups -OCH3 is 3. The van der Waals surface area contributed by atoms with E-state index in [9.17, 15) is 13.2 Å². The van der Waals surface area contributed by atoms with E-state index >= 15 is 0 Å². The first-order valence-corrected chi connectivity index (χ1v) is 13.9. The van der Waals surface area contributed by atoms with E-state index in [1.165, 1.54) is 50.9 Å². The molecular weight excluding hydrogens is 563 g/mol. The second-order valence-electron chi connectivity index (χ2n) is 7.70. The van der Waals surface area contributed by atoms with Gasteiger partial charge in [0, 0.05) is 16.6 Å². The predicted octanol–water partition coefficient (Wildman–Crippen LogP) is 4.62. The standard InChI is InChI=1S/C25H23N5O6S3/c1-34-21-14-20(27-24(28-21)36-3)30-39(32,33)17-11-9-16(10-12-17)26-25(37)29-22-18(23(31)35-2)13-19(38-22)15-7-5-4-6-8-15/h4-14H,1-3H3,(H2,26,29,37)(H,27,28,30). The SMILES string of the molecule is COC(=O)c1cc(-c2ccccc2)sc1NC(=S)Nc1ccc(S(=O)(=O)Nc2cc(OC)nc(OC)n2)cc1. The molecule has 11 nitrogen and oxygen atoms in total. The van der Waals surface area contributed by atoms with Crippen molar-refractivity contribution in [2.45, 2.75) is 4.90 Å². The first-order chi connectivity index (χ1) is 18.7. The number of hydrogen-bond acceptors (Lipinski definition) is 10. The lowest BCUT2D eigenvalue weighted by Gasteiger charge is -2.12. The summed E-state index contributed by atoms with van der Waals surface area (Å²) >= 11 is 6.78. The highest BCUT2D eigenvalue weighted by atomic mass is 32.2. The molecule has 0 saturated heterocycles. The Bertz CT molecular complexity index is 1570. The van der Waals surface area contributed by atoms with Crippen molar-refractivity contribution in [2.24, 2.45) is 0 Å². The average Bonchev–Trinajstić information content (AvgIpc) is 3.36. The summed E-state index contributed by atoms with van der Waals surface area (Å²) in [6.07, 6.45) is 0. The van der Waals surface area contributed by atoms with E-state index in [4.69, 9.17) is 26.4 Å². The van der Waals surface area contributed by atoms with E-state index in [2.05, 4.69) is 25.3 Å². The van der Waals surface area contributed by atoms with Gasteiger partial charge in [0.05, 0.1) is 31.8 Å². The molecule has 202 valence electrons. The van der Waals surface area contributed by atoms with Crippen LogP contribution in [-0.2, 0) is 14.8 Å². The van der Waals surface area contributed by atoms with Gasteiger partial charge in [-0.15, -0.1) is 11.3 Å². The molecule has 0 amide bonds. The Balaban J connectivity index is 1.47. The Morgan fingerprint density at radius 1 is 0.923 bits per heavy atom. The van der Waals surface area contributed by atoms with Gasteiger partial charge in [-0.2, -0.15) is 9.97 Å². The van der Waals surface area contributed by atoms with Gasteiger partial charge in [0.15, 0.2) is 10.9 Å². The first kappa shape index (κ1) is 27.8. The second kappa shape index (κ2) is 12.1. The number of sulfonamides is 1. The van der Waals surface area contributed by atoms with Gasteiger partial charge in [-0.05, 0) is 48.1 Å². The Morgan fingerprint density at radius 3 is 2.28 bits per heavy atom. The van der Waals surface area contributed by atoms with E-state index in [0.717, 1.165) is 10.4 Å². The first-order valence-electron chi connectivity index (χ1n) is 11.2. The van der Waals surface area contributed by atoms with E-state index in [-0.39, 0.29) is 27.7 Å². The molecule has 4 rings (SSSR count). The fourth-order valence-corrected chi connectivity index (χ4v) is 5.65. The van der Waals surface area contributed by atoms with Crippen molar-refractivity contribution in [3.63, 3.8) is 0 Å². The molecule has 2 aromatic carbocycles. The van der Waals surface area contributed by atoms with E-state index in [1.807, 2.05) is 30.3 Å². The summed E-state index contributed by atoms with van der Waals surface area (Å²) in [5.74, 6) is -0.379. The Hall–Kier alpha value is -4.27. The zero-order chi connectivity index (χ0) is 28.0. The largest absolute Gasteiger partial charge is 0.481 e. The number of benzene rings is 2. The third-order valence-electron chi connectivity index (χ3n) is 5.16. The third kappa shape index (κ3) is 6.79. The minimum Gasteiger partial charge on any atom is -0.481 e. The number of nitrogens with one attached hydrogen (secondary N) is 3. The third-order valence-corrected chi connectivity index (χ3v) is 7.83. The monoisotopic (exact) mass is 585 g/mol. The van der Waals surface area contributed by atoms with Crippen LogP contribution in [-0.4, -0.2) is 50.8 Å². The van der Waals surface area contributed by atoms with Gasteiger partial charge < -0.3 is 24.8 Å². The number of hydrogen-bond donors (Lipinski definition) is 3. The van der Waals surface area contributed by atoms with Gasteiger partial charge in [0.1, 0.15) is 5.00 Å². The molecule has 3 N–H and O–H groups in total. The van der Waals surface area contributed by atoms with Crippen LogP contribution in [0.1, 0.15) is 10.4 Å². The average molecular weight is 586 g/mol. The quantitative estimate of drug-likeness (QED) is 0.187. The number of carbonyl (C=O) groups is 1. The molecule has 2 heterocycles. The van der Waals surface area contributed by atoms with Crippen molar-refractivity contribution in [3.8, 4) is 22.3 Å². The predicted molar refractivity (Wildman–Crippen MR) is 153 cm³/mol. The van der Waals surface area contributed by atoms with Gasteiger partial charge in [-0.25, -0.2) is 13.2 Å². The lowest BCUT2D eigenvalue weighted by molar-refractivity contribution is 0.0602. The van der Waals surface area contributed by atoms with Crippen molar-refractivity contribution >= 4 is 61.2 Å². The number of rotatable bonds is 9. The lowest BCUT2D eigenvalue weighted by Crippen LogP contribution is -2.20. The molecule has 2 aromatic heterocycles. The van der Waals surface area contributed by atoms with E-state index < -0.39 is 16.0 Å². The maximum atomic E-state index is 12.9. The molecular formula is C25H23N5O6S3. The number of aromatic nitrogens is 2. The molecule has 0 fully saturated rings. The second-order valence-corrected chi connectivity index (χ2v) is 10.8. The number of carbonyl (C=O) groups excluding carboxylic acids is 1. The maximum absolute atomic E-state index is 12.9. The highest BCUT2D eigenvalue weighted by Gasteiger charge is 2.19. The van der Waals surface area contributed by atoms with Crippen LogP contribution in [0.25, 0.3) is 10.4 Å². The van der Waals surface area contributed by atoms with Gasteiger partial charge in [-0.1, -0.05) is 30.3 Å². The molecule has 14 heteroatoms. The van der Waals surface area contributed by atoms with E-state index in [1.54, 1.807) is 18.2 Å². The molecule has 0 bridgehead atoms. The van der Waals surface area contributed by atoms with Crippen molar-refractivity contribution in [2.75, 3.05) is 36.7 Å². The maximum Gasteiger partial charge on any atom is 0.340 e. The van der Waals surface area contributed by atoms with Crippen LogP contribution in [0.15, 0.2) is 71.6 Å². The highest BCUT2D eigenvalue weighted by Crippen LogP contribution is 2.36. The summed E-state index contributed by atoms with van der Waals surface area (Å²) in [7, 11) is 0.0811. The molecule has 39 heavy (non-hydrogen) atoms. The summed E-state index contributed by atoms with van der Waals surface area (Å²) in [5, 5.41) is 6.74. The van der Waals surface area contributed by atoms with E-state index in [0.29, 0.717) is 16.3 Å². The zero-order valence-electron chi connectivity index (χ0n) is 20.9. The fraction of sp³-hybridized carbons (Fsp3) is 0.120. The molecule has 0 spiro atoms. The van der Waals surface area contributed by atoms with Gasteiger partial charge >= 0.3 is 12.0 Å². The van der Waals surface area contributed by atoms with Gasteiger partial charge in [0.25, 0.3) is 10.0 Å². The lowest BCUT2D eigenvalue weighted by atomic mass is 10.1. The molecule has 0 aliphatic rings. The van der Waals surface area contributed by atoms with Crippen LogP contribution in [0, 0.1) is 0 Å². The number of esters is 1. The van der Waals surface area contributed by atoms with Crippen molar-refractivity contribution < 1.29 is 27.4 Å². The highest BCUT2D eigenvalue weighted by molar-refractivity contribution is 7.92. The number of ether oxygens (including phenoxy) is 3. The number of anilines is 3. The van der Waals surface area contributed by atoms with Gasteiger partial charge in [-0.3, -0.25) is 4.72 Å². The summed E-state index contributed by atoms with van der Waals surface area (Å²) in [4.78, 5) is 21.1. The van der Waals surface area contributed by atoms with Crippen LogP contribution >= 0.6 is 23.6 Å². The summed E-state index contributed by atoms with van der Waals surface area (Å²) < 4.78 is 43.1. The smallest absolute Gasteiger partial charge is 0.340 e. The summed E-state index contributed by atoms with van der Waals surface area (Å²) in [6.45, 7) is 0. The molecule has 0 aliphatic carbocycles. The number of nitrogens with zero attached hydrogens (tertiary/aromatic N) is 2.